The lowest BCUT2D eigenvalue weighted by molar-refractivity contribution is -0.117. The van der Waals surface area contributed by atoms with Gasteiger partial charge in [0.2, 0.25) is 17.7 Å². The zero-order valence-electron chi connectivity index (χ0n) is 9.27. The van der Waals surface area contributed by atoms with Crippen molar-refractivity contribution in [1.82, 2.24) is 9.97 Å². The Morgan fingerprint density at radius 1 is 1.62 bits per heavy atom. The highest BCUT2D eigenvalue weighted by molar-refractivity contribution is 5.74. The van der Waals surface area contributed by atoms with Crippen molar-refractivity contribution in [2.24, 2.45) is 5.73 Å². The maximum atomic E-state index is 10.5. The smallest absolute Gasteiger partial charge is 0.225 e. The standard InChI is InChI=1S/C10H16N4O2/c1-2-7-16-9-4-6-13-10(14-9)12-5-3-8(11)15/h4,6H,2-3,5,7H2,1H3,(H2,11,15)(H,12,13,14). The van der Waals surface area contributed by atoms with Crippen LogP contribution in [0.2, 0.25) is 0 Å². The first-order valence-corrected chi connectivity index (χ1v) is 5.20. The lowest BCUT2D eigenvalue weighted by atomic mass is 10.4. The summed E-state index contributed by atoms with van der Waals surface area (Å²) in [6, 6.07) is 1.69. The number of nitrogens with zero attached hydrogens (tertiary/aromatic N) is 2. The Bertz CT molecular complexity index is 343. The second-order valence-electron chi connectivity index (χ2n) is 3.21. The molecule has 0 saturated heterocycles. The van der Waals surface area contributed by atoms with E-state index in [-0.39, 0.29) is 12.3 Å². The Morgan fingerprint density at radius 2 is 2.44 bits per heavy atom. The number of aromatic nitrogens is 2. The number of ether oxygens (including phenoxy) is 1. The van der Waals surface area contributed by atoms with E-state index in [1.807, 2.05) is 6.92 Å². The number of amides is 1. The fourth-order valence-corrected chi connectivity index (χ4v) is 1.01. The molecule has 1 aromatic heterocycles. The van der Waals surface area contributed by atoms with Gasteiger partial charge in [0.05, 0.1) is 6.61 Å². The SMILES string of the molecule is CCCOc1ccnc(NCCC(N)=O)n1. The van der Waals surface area contributed by atoms with Crippen LogP contribution < -0.4 is 15.8 Å². The summed E-state index contributed by atoms with van der Waals surface area (Å²) < 4.78 is 5.34. The number of carbonyl (C=O) groups excluding carboxylic acids is 1. The third kappa shape index (κ3) is 4.59. The molecular formula is C10H16N4O2. The summed E-state index contributed by atoms with van der Waals surface area (Å²) in [5.74, 6) is 0.610. The van der Waals surface area contributed by atoms with Gasteiger partial charge in [-0.15, -0.1) is 0 Å². The summed E-state index contributed by atoms with van der Waals surface area (Å²) in [5.41, 5.74) is 5.01. The molecule has 0 spiro atoms. The van der Waals surface area contributed by atoms with Crippen LogP contribution in [0.1, 0.15) is 19.8 Å². The Balaban J connectivity index is 2.43. The normalized spacial score (nSPS) is 9.81. The maximum Gasteiger partial charge on any atom is 0.225 e. The zero-order valence-corrected chi connectivity index (χ0v) is 9.27. The molecule has 0 fully saturated rings. The Kier molecular flexibility index (Phi) is 5.04. The van der Waals surface area contributed by atoms with Crippen molar-refractivity contribution in [3.63, 3.8) is 0 Å². The van der Waals surface area contributed by atoms with Crippen LogP contribution in [0.5, 0.6) is 5.88 Å². The van der Waals surface area contributed by atoms with Gasteiger partial charge in [-0.3, -0.25) is 4.79 Å². The molecule has 1 heterocycles. The van der Waals surface area contributed by atoms with Gasteiger partial charge in [-0.05, 0) is 6.42 Å². The van der Waals surface area contributed by atoms with Crippen LogP contribution in [0.25, 0.3) is 0 Å². The van der Waals surface area contributed by atoms with Gasteiger partial charge in [-0.1, -0.05) is 6.92 Å². The molecule has 0 bridgehead atoms. The zero-order chi connectivity index (χ0) is 11.8. The monoisotopic (exact) mass is 224 g/mol. The van der Waals surface area contributed by atoms with Crippen molar-refractivity contribution in [2.75, 3.05) is 18.5 Å². The molecule has 0 aliphatic heterocycles. The molecule has 3 N–H and O–H groups in total. The molecule has 0 aromatic carbocycles. The summed E-state index contributed by atoms with van der Waals surface area (Å²) in [4.78, 5) is 18.6. The van der Waals surface area contributed by atoms with Gasteiger partial charge in [0, 0.05) is 25.2 Å². The number of anilines is 1. The van der Waals surface area contributed by atoms with Crippen molar-refractivity contribution < 1.29 is 9.53 Å². The highest BCUT2D eigenvalue weighted by atomic mass is 16.5. The summed E-state index contributed by atoms with van der Waals surface area (Å²) >= 11 is 0. The summed E-state index contributed by atoms with van der Waals surface area (Å²) in [6.45, 7) is 3.07. The summed E-state index contributed by atoms with van der Waals surface area (Å²) in [6.07, 6.45) is 2.78. The molecule has 0 saturated carbocycles. The molecule has 6 nitrogen and oxygen atoms in total. The van der Waals surface area contributed by atoms with Gasteiger partial charge in [0.25, 0.3) is 0 Å². The fourth-order valence-electron chi connectivity index (χ4n) is 1.01. The van der Waals surface area contributed by atoms with Crippen LogP contribution >= 0.6 is 0 Å². The minimum Gasteiger partial charge on any atom is -0.478 e. The number of primary amides is 1. The van der Waals surface area contributed by atoms with Gasteiger partial charge in [0.1, 0.15) is 0 Å². The Morgan fingerprint density at radius 3 is 3.12 bits per heavy atom. The Labute approximate surface area is 94.2 Å². The van der Waals surface area contributed by atoms with Crippen molar-refractivity contribution in [2.45, 2.75) is 19.8 Å². The average molecular weight is 224 g/mol. The molecule has 6 heteroatoms. The average Bonchev–Trinajstić information content (AvgIpc) is 2.26. The molecule has 1 amide bonds. The van der Waals surface area contributed by atoms with E-state index in [2.05, 4.69) is 15.3 Å². The molecule has 0 aliphatic rings. The van der Waals surface area contributed by atoms with E-state index in [0.717, 1.165) is 6.42 Å². The predicted octanol–water partition coefficient (Wildman–Crippen LogP) is 0.553. The van der Waals surface area contributed by atoms with Gasteiger partial charge in [-0.25, -0.2) is 4.98 Å². The van der Waals surface area contributed by atoms with E-state index in [0.29, 0.717) is 25.0 Å². The highest BCUT2D eigenvalue weighted by Crippen LogP contribution is 2.08. The molecule has 16 heavy (non-hydrogen) atoms. The first-order chi connectivity index (χ1) is 7.72. The van der Waals surface area contributed by atoms with Crippen LogP contribution in [0.3, 0.4) is 0 Å². The van der Waals surface area contributed by atoms with Crippen LogP contribution in [0.4, 0.5) is 5.95 Å². The molecule has 0 atom stereocenters. The van der Waals surface area contributed by atoms with Crippen LogP contribution in [-0.4, -0.2) is 29.0 Å². The van der Waals surface area contributed by atoms with Gasteiger partial charge >= 0.3 is 0 Å². The third-order valence-electron chi connectivity index (χ3n) is 1.74. The molecular weight excluding hydrogens is 208 g/mol. The molecule has 1 rings (SSSR count). The van der Waals surface area contributed by atoms with Crippen LogP contribution in [0, 0.1) is 0 Å². The third-order valence-corrected chi connectivity index (χ3v) is 1.74. The minimum atomic E-state index is -0.356. The fraction of sp³-hybridized carbons (Fsp3) is 0.500. The van der Waals surface area contributed by atoms with E-state index in [9.17, 15) is 4.79 Å². The Hall–Kier alpha value is -1.85. The molecule has 1 aromatic rings. The predicted molar refractivity (Wildman–Crippen MR) is 60.1 cm³/mol. The first kappa shape index (κ1) is 12.2. The van der Waals surface area contributed by atoms with Crippen LogP contribution in [0.15, 0.2) is 12.3 Å². The largest absolute Gasteiger partial charge is 0.478 e. The maximum absolute atomic E-state index is 10.5. The lowest BCUT2D eigenvalue weighted by Gasteiger charge is -2.06. The van der Waals surface area contributed by atoms with E-state index >= 15 is 0 Å². The van der Waals surface area contributed by atoms with Gasteiger partial charge in [-0.2, -0.15) is 4.98 Å². The van der Waals surface area contributed by atoms with Gasteiger partial charge in [0.15, 0.2) is 0 Å². The molecule has 0 radical (unpaired) electrons. The van der Waals surface area contributed by atoms with Crippen molar-refractivity contribution in [1.29, 1.82) is 0 Å². The molecule has 0 aliphatic carbocycles. The number of nitrogens with two attached hydrogens (primary N) is 1. The highest BCUT2D eigenvalue weighted by Gasteiger charge is 2.00. The van der Waals surface area contributed by atoms with Crippen molar-refractivity contribution >= 4 is 11.9 Å². The van der Waals surface area contributed by atoms with E-state index in [1.54, 1.807) is 12.3 Å². The number of hydrogen-bond donors (Lipinski definition) is 2. The summed E-state index contributed by atoms with van der Waals surface area (Å²) in [7, 11) is 0. The minimum absolute atomic E-state index is 0.253. The van der Waals surface area contributed by atoms with Gasteiger partial charge < -0.3 is 15.8 Å². The first-order valence-electron chi connectivity index (χ1n) is 5.20. The number of rotatable bonds is 7. The lowest BCUT2D eigenvalue weighted by Crippen LogP contribution is -2.16. The van der Waals surface area contributed by atoms with E-state index in [4.69, 9.17) is 10.5 Å². The summed E-state index contributed by atoms with van der Waals surface area (Å²) in [5, 5.41) is 2.89. The topological polar surface area (TPSA) is 90.1 Å². The van der Waals surface area contributed by atoms with E-state index < -0.39 is 0 Å². The van der Waals surface area contributed by atoms with Crippen LogP contribution in [-0.2, 0) is 4.79 Å². The van der Waals surface area contributed by atoms with Crippen molar-refractivity contribution in [3.05, 3.63) is 12.3 Å². The number of carbonyl (C=O) groups is 1. The number of hydrogen-bond acceptors (Lipinski definition) is 5. The second kappa shape index (κ2) is 6.60. The molecule has 88 valence electrons. The molecule has 0 unspecified atom stereocenters. The van der Waals surface area contributed by atoms with E-state index in [1.165, 1.54) is 0 Å². The second-order valence-corrected chi connectivity index (χ2v) is 3.21. The quantitative estimate of drug-likeness (QED) is 0.706. The number of nitrogens with one attached hydrogen (secondary N) is 1. The van der Waals surface area contributed by atoms with Crippen molar-refractivity contribution in [3.8, 4) is 5.88 Å².